The van der Waals surface area contributed by atoms with Gasteiger partial charge in [0.15, 0.2) is 0 Å². The summed E-state index contributed by atoms with van der Waals surface area (Å²) in [6.07, 6.45) is 6.45. The Morgan fingerprint density at radius 2 is 2.00 bits per heavy atom. The van der Waals surface area contributed by atoms with E-state index in [0.717, 1.165) is 12.8 Å². The van der Waals surface area contributed by atoms with Crippen molar-refractivity contribution in [3.05, 3.63) is 35.4 Å². The highest BCUT2D eigenvalue weighted by Gasteiger charge is 2.20. The third-order valence-corrected chi connectivity index (χ3v) is 3.96. The van der Waals surface area contributed by atoms with E-state index in [1.165, 1.54) is 37.5 Å². The molecule has 2 unspecified atom stereocenters. The first kappa shape index (κ1) is 13.5. The summed E-state index contributed by atoms with van der Waals surface area (Å²) in [5.41, 5.74) is 0.525. The zero-order valence-electron chi connectivity index (χ0n) is 10.9. The molecule has 2 rings (SSSR count). The zero-order valence-corrected chi connectivity index (χ0v) is 10.9. The highest BCUT2D eigenvalue weighted by molar-refractivity contribution is 5.19. The number of rotatable bonds is 3. The van der Waals surface area contributed by atoms with Gasteiger partial charge in [0.2, 0.25) is 0 Å². The molecule has 1 fully saturated rings. The summed E-state index contributed by atoms with van der Waals surface area (Å²) in [5.74, 6) is -0.159. The average molecular weight is 253 g/mol. The molecule has 1 aromatic carbocycles. The molecule has 100 valence electrons. The van der Waals surface area contributed by atoms with E-state index in [0.29, 0.717) is 23.9 Å². The third kappa shape index (κ3) is 3.52. The van der Waals surface area contributed by atoms with Crippen molar-refractivity contribution in [2.75, 3.05) is 7.05 Å². The Labute approximate surface area is 108 Å². The number of hydrogen-bond acceptors (Lipinski definition) is 1. The monoisotopic (exact) mass is 253 g/mol. The van der Waals surface area contributed by atoms with Gasteiger partial charge in [0.1, 0.15) is 11.6 Å². The summed E-state index contributed by atoms with van der Waals surface area (Å²) in [7, 11) is 1.98. The molecule has 0 aliphatic heterocycles. The maximum absolute atomic E-state index is 13.6. The molecule has 0 amide bonds. The lowest BCUT2D eigenvalue weighted by molar-refractivity contribution is 0.395. The first-order valence-corrected chi connectivity index (χ1v) is 6.80. The van der Waals surface area contributed by atoms with Gasteiger partial charge in [-0.05, 0) is 56.0 Å². The van der Waals surface area contributed by atoms with Crippen molar-refractivity contribution in [2.24, 2.45) is 5.92 Å². The topological polar surface area (TPSA) is 12.0 Å². The lowest BCUT2D eigenvalue weighted by Crippen LogP contribution is -2.27. The van der Waals surface area contributed by atoms with Crippen molar-refractivity contribution in [1.82, 2.24) is 5.32 Å². The summed E-state index contributed by atoms with van der Waals surface area (Å²) in [4.78, 5) is 0. The van der Waals surface area contributed by atoms with Crippen LogP contribution in [0.1, 0.15) is 37.7 Å². The number of benzene rings is 1. The predicted molar refractivity (Wildman–Crippen MR) is 69.5 cm³/mol. The highest BCUT2D eigenvalue weighted by Crippen LogP contribution is 2.27. The smallest absolute Gasteiger partial charge is 0.126 e. The minimum absolute atomic E-state index is 0.276. The first-order chi connectivity index (χ1) is 8.69. The van der Waals surface area contributed by atoms with Gasteiger partial charge in [0.05, 0.1) is 0 Å². The molecule has 2 atom stereocenters. The Hall–Kier alpha value is -0.960. The fourth-order valence-electron chi connectivity index (χ4n) is 2.92. The lowest BCUT2D eigenvalue weighted by atomic mass is 9.91. The van der Waals surface area contributed by atoms with Gasteiger partial charge in [0.25, 0.3) is 0 Å². The molecule has 1 aromatic rings. The Kier molecular flexibility index (Phi) is 4.70. The van der Waals surface area contributed by atoms with Crippen LogP contribution in [0.5, 0.6) is 0 Å². The van der Waals surface area contributed by atoms with Gasteiger partial charge in [-0.3, -0.25) is 0 Å². The number of nitrogens with one attached hydrogen (secondary N) is 1. The van der Waals surface area contributed by atoms with Gasteiger partial charge in [-0.25, -0.2) is 8.78 Å². The molecule has 0 spiro atoms. The quantitative estimate of drug-likeness (QED) is 0.810. The van der Waals surface area contributed by atoms with E-state index in [1.807, 2.05) is 7.05 Å². The minimum atomic E-state index is -0.342. The molecule has 3 heteroatoms. The largest absolute Gasteiger partial charge is 0.317 e. The van der Waals surface area contributed by atoms with E-state index in [4.69, 9.17) is 0 Å². The van der Waals surface area contributed by atoms with Crippen molar-refractivity contribution in [2.45, 2.75) is 44.6 Å². The van der Waals surface area contributed by atoms with Gasteiger partial charge in [-0.1, -0.05) is 19.3 Å². The van der Waals surface area contributed by atoms with Crippen molar-refractivity contribution < 1.29 is 8.78 Å². The second-order valence-corrected chi connectivity index (χ2v) is 5.31. The van der Waals surface area contributed by atoms with E-state index in [-0.39, 0.29) is 11.6 Å². The van der Waals surface area contributed by atoms with Crippen molar-refractivity contribution in [1.29, 1.82) is 0 Å². The third-order valence-electron chi connectivity index (χ3n) is 3.96. The van der Waals surface area contributed by atoms with Crippen molar-refractivity contribution in [3.63, 3.8) is 0 Å². The van der Waals surface area contributed by atoms with Gasteiger partial charge in [0, 0.05) is 6.04 Å². The Morgan fingerprint density at radius 3 is 2.78 bits per heavy atom. The minimum Gasteiger partial charge on any atom is -0.317 e. The van der Waals surface area contributed by atoms with Crippen LogP contribution in [0.2, 0.25) is 0 Å². The highest BCUT2D eigenvalue weighted by atomic mass is 19.1. The molecule has 1 saturated carbocycles. The summed E-state index contributed by atoms with van der Waals surface area (Å²) >= 11 is 0. The molecule has 1 nitrogen and oxygen atoms in total. The fourth-order valence-corrected chi connectivity index (χ4v) is 2.92. The van der Waals surface area contributed by atoms with Crippen molar-refractivity contribution >= 4 is 0 Å². The molecule has 0 heterocycles. The van der Waals surface area contributed by atoms with Crippen LogP contribution in [0.3, 0.4) is 0 Å². The van der Waals surface area contributed by atoms with E-state index >= 15 is 0 Å². The van der Waals surface area contributed by atoms with Crippen molar-refractivity contribution in [3.8, 4) is 0 Å². The lowest BCUT2D eigenvalue weighted by Gasteiger charge is -2.19. The summed E-state index contributed by atoms with van der Waals surface area (Å²) in [6.45, 7) is 0. The number of halogens is 2. The standard InChI is InChI=1S/C15H21F2N/c1-18-14-5-3-2-4-11(9-14)8-12-10-13(16)6-7-15(12)17/h6-7,10-11,14,18H,2-5,8-9H2,1H3. The molecule has 1 N–H and O–H groups in total. The molecular weight excluding hydrogens is 232 g/mol. The zero-order chi connectivity index (χ0) is 13.0. The van der Waals surface area contributed by atoms with Crippen LogP contribution in [0, 0.1) is 17.6 Å². The summed E-state index contributed by atoms with van der Waals surface area (Å²) in [6, 6.07) is 4.28. The summed E-state index contributed by atoms with van der Waals surface area (Å²) in [5, 5.41) is 3.32. The molecule has 18 heavy (non-hydrogen) atoms. The van der Waals surface area contributed by atoms with E-state index in [9.17, 15) is 8.78 Å². The Balaban J connectivity index is 2.04. The molecule has 0 bridgehead atoms. The normalized spacial score (nSPS) is 24.8. The van der Waals surface area contributed by atoms with Gasteiger partial charge in [-0.15, -0.1) is 0 Å². The van der Waals surface area contributed by atoms with Crippen LogP contribution >= 0.6 is 0 Å². The maximum Gasteiger partial charge on any atom is 0.126 e. The van der Waals surface area contributed by atoms with Crippen LogP contribution < -0.4 is 5.32 Å². The Bertz CT molecular complexity index is 392. The van der Waals surface area contributed by atoms with E-state index < -0.39 is 0 Å². The maximum atomic E-state index is 13.6. The van der Waals surface area contributed by atoms with Gasteiger partial charge < -0.3 is 5.32 Å². The molecule has 0 aromatic heterocycles. The van der Waals surface area contributed by atoms with E-state index in [2.05, 4.69) is 5.32 Å². The second kappa shape index (κ2) is 6.28. The summed E-state index contributed by atoms with van der Waals surface area (Å²) < 4.78 is 26.8. The van der Waals surface area contributed by atoms with Crippen LogP contribution in [0.15, 0.2) is 18.2 Å². The SMILES string of the molecule is CNC1CCCCC(Cc2cc(F)ccc2F)C1. The number of hydrogen-bond donors (Lipinski definition) is 1. The molecule has 0 radical (unpaired) electrons. The van der Waals surface area contributed by atoms with Crippen LogP contribution in [-0.2, 0) is 6.42 Å². The molecule has 1 aliphatic carbocycles. The van der Waals surface area contributed by atoms with Gasteiger partial charge in [-0.2, -0.15) is 0 Å². The van der Waals surface area contributed by atoms with Crippen LogP contribution in [0.25, 0.3) is 0 Å². The predicted octanol–water partition coefficient (Wildman–Crippen LogP) is 3.68. The average Bonchev–Trinajstić information content (AvgIpc) is 2.59. The van der Waals surface area contributed by atoms with Gasteiger partial charge >= 0.3 is 0 Å². The first-order valence-electron chi connectivity index (χ1n) is 6.80. The Morgan fingerprint density at radius 1 is 1.22 bits per heavy atom. The van der Waals surface area contributed by atoms with E-state index in [1.54, 1.807) is 0 Å². The molecular formula is C15H21F2N. The van der Waals surface area contributed by atoms with Crippen LogP contribution in [-0.4, -0.2) is 13.1 Å². The fraction of sp³-hybridized carbons (Fsp3) is 0.600. The van der Waals surface area contributed by atoms with Crippen LogP contribution in [0.4, 0.5) is 8.78 Å². The second-order valence-electron chi connectivity index (χ2n) is 5.31. The molecule has 1 aliphatic rings. The molecule has 0 saturated heterocycles.